The lowest BCUT2D eigenvalue weighted by atomic mass is 10.1. The summed E-state index contributed by atoms with van der Waals surface area (Å²) >= 11 is 3.49. The standard InChI is InChI=1S/C15H14BrN5O/c16-13-7-11-3-1-4-18-15(11)12(8-13)10-22-20-14(17)9-21-6-2-5-19-21/h1-8H,9-10H2,(H2,17,20). The van der Waals surface area contributed by atoms with Crippen molar-refractivity contribution in [3.05, 3.63) is 59.0 Å². The average Bonchev–Trinajstić information content (AvgIpc) is 3.00. The van der Waals surface area contributed by atoms with Crippen molar-refractivity contribution in [1.29, 1.82) is 0 Å². The number of oxime groups is 1. The van der Waals surface area contributed by atoms with Crippen molar-refractivity contribution in [3.63, 3.8) is 0 Å². The van der Waals surface area contributed by atoms with Crippen LogP contribution >= 0.6 is 15.9 Å². The minimum absolute atomic E-state index is 0.298. The summed E-state index contributed by atoms with van der Waals surface area (Å²) in [7, 11) is 0. The third-order valence-corrected chi connectivity index (χ3v) is 3.49. The maximum absolute atomic E-state index is 5.81. The molecule has 3 aromatic rings. The third-order valence-electron chi connectivity index (χ3n) is 3.03. The van der Waals surface area contributed by atoms with Crippen LogP contribution in [0, 0.1) is 0 Å². The van der Waals surface area contributed by atoms with Gasteiger partial charge in [0.1, 0.15) is 13.2 Å². The second-order valence-electron chi connectivity index (χ2n) is 4.70. The molecule has 2 heterocycles. The molecule has 112 valence electrons. The molecule has 0 saturated carbocycles. The Morgan fingerprint density at radius 2 is 2.23 bits per heavy atom. The molecule has 0 saturated heterocycles. The number of hydrogen-bond donors (Lipinski definition) is 1. The van der Waals surface area contributed by atoms with Crippen LogP contribution in [-0.2, 0) is 18.0 Å². The van der Waals surface area contributed by atoms with Gasteiger partial charge in [0.25, 0.3) is 0 Å². The van der Waals surface area contributed by atoms with Crippen LogP contribution in [0.1, 0.15) is 5.56 Å². The molecule has 0 atom stereocenters. The van der Waals surface area contributed by atoms with Crippen LogP contribution in [0.4, 0.5) is 0 Å². The smallest absolute Gasteiger partial charge is 0.161 e. The molecule has 0 aliphatic rings. The Balaban J connectivity index is 1.71. The van der Waals surface area contributed by atoms with E-state index in [9.17, 15) is 0 Å². The predicted molar refractivity (Wildman–Crippen MR) is 88.1 cm³/mol. The second-order valence-corrected chi connectivity index (χ2v) is 5.62. The predicted octanol–water partition coefficient (Wildman–Crippen LogP) is 2.68. The summed E-state index contributed by atoms with van der Waals surface area (Å²) in [5.74, 6) is 0.357. The normalized spacial score (nSPS) is 11.8. The summed E-state index contributed by atoms with van der Waals surface area (Å²) in [6.45, 7) is 0.692. The second kappa shape index (κ2) is 6.57. The van der Waals surface area contributed by atoms with E-state index in [0.29, 0.717) is 19.0 Å². The number of hydrogen-bond acceptors (Lipinski definition) is 4. The molecule has 0 bridgehead atoms. The molecular formula is C15H14BrN5O. The van der Waals surface area contributed by atoms with E-state index < -0.39 is 0 Å². The van der Waals surface area contributed by atoms with E-state index in [1.165, 1.54) is 0 Å². The monoisotopic (exact) mass is 359 g/mol. The van der Waals surface area contributed by atoms with Crippen molar-refractivity contribution in [2.24, 2.45) is 10.9 Å². The van der Waals surface area contributed by atoms with Crippen LogP contribution < -0.4 is 5.73 Å². The van der Waals surface area contributed by atoms with Gasteiger partial charge in [-0.25, -0.2) is 0 Å². The number of amidine groups is 1. The summed E-state index contributed by atoms with van der Waals surface area (Å²) in [4.78, 5) is 9.74. The molecule has 0 radical (unpaired) electrons. The highest BCUT2D eigenvalue weighted by molar-refractivity contribution is 9.10. The van der Waals surface area contributed by atoms with Crippen LogP contribution in [-0.4, -0.2) is 20.6 Å². The van der Waals surface area contributed by atoms with Gasteiger partial charge in [0.15, 0.2) is 5.84 Å². The summed E-state index contributed by atoms with van der Waals surface area (Å²) in [5.41, 5.74) is 7.65. The molecule has 0 spiro atoms. The highest BCUT2D eigenvalue weighted by atomic mass is 79.9. The summed E-state index contributed by atoms with van der Waals surface area (Å²) < 4.78 is 2.65. The van der Waals surface area contributed by atoms with Gasteiger partial charge in [0.2, 0.25) is 0 Å². The minimum atomic E-state index is 0.298. The fourth-order valence-electron chi connectivity index (χ4n) is 2.11. The fraction of sp³-hybridized carbons (Fsp3) is 0.133. The molecule has 6 nitrogen and oxygen atoms in total. The molecule has 0 amide bonds. The van der Waals surface area contributed by atoms with Gasteiger partial charge >= 0.3 is 0 Å². The van der Waals surface area contributed by atoms with Gasteiger partial charge in [-0.15, -0.1) is 0 Å². The summed E-state index contributed by atoms with van der Waals surface area (Å²) in [6.07, 6.45) is 5.26. The fourth-order valence-corrected chi connectivity index (χ4v) is 2.63. The van der Waals surface area contributed by atoms with E-state index in [-0.39, 0.29) is 0 Å². The minimum Gasteiger partial charge on any atom is -0.389 e. The maximum atomic E-state index is 5.81. The van der Waals surface area contributed by atoms with Crippen LogP contribution in [0.3, 0.4) is 0 Å². The molecule has 2 aromatic heterocycles. The van der Waals surface area contributed by atoms with E-state index in [2.05, 4.69) is 31.2 Å². The van der Waals surface area contributed by atoms with Crippen LogP contribution in [0.2, 0.25) is 0 Å². The molecule has 2 N–H and O–H groups in total. The third kappa shape index (κ3) is 3.43. The first-order valence-electron chi connectivity index (χ1n) is 6.67. The Labute approximate surface area is 135 Å². The number of halogens is 1. The molecule has 1 aromatic carbocycles. The van der Waals surface area contributed by atoms with Crippen molar-refractivity contribution in [2.45, 2.75) is 13.2 Å². The first kappa shape index (κ1) is 14.5. The van der Waals surface area contributed by atoms with Crippen molar-refractivity contribution >= 4 is 32.7 Å². The zero-order valence-electron chi connectivity index (χ0n) is 11.7. The van der Waals surface area contributed by atoms with Gasteiger partial charge in [-0.1, -0.05) is 27.2 Å². The Bertz CT molecular complexity index is 801. The van der Waals surface area contributed by atoms with E-state index >= 15 is 0 Å². The highest BCUT2D eigenvalue weighted by Crippen LogP contribution is 2.23. The SMILES string of the molecule is N/C(Cn1cccn1)=N\OCc1cc(Br)cc2cccnc12. The van der Waals surface area contributed by atoms with Crippen molar-refractivity contribution in [2.75, 3.05) is 0 Å². The lowest BCUT2D eigenvalue weighted by Gasteiger charge is -2.06. The molecule has 22 heavy (non-hydrogen) atoms. The first-order valence-corrected chi connectivity index (χ1v) is 7.46. The number of nitrogens with zero attached hydrogens (tertiary/aromatic N) is 4. The molecule has 7 heteroatoms. The quantitative estimate of drug-likeness (QED) is 0.431. The molecule has 0 unspecified atom stereocenters. The summed E-state index contributed by atoms with van der Waals surface area (Å²) in [5, 5.41) is 9.03. The number of rotatable bonds is 5. The number of benzene rings is 1. The largest absolute Gasteiger partial charge is 0.389 e. The topological polar surface area (TPSA) is 78.3 Å². The Morgan fingerprint density at radius 3 is 3.05 bits per heavy atom. The Morgan fingerprint density at radius 1 is 1.32 bits per heavy atom. The zero-order chi connectivity index (χ0) is 15.4. The molecule has 3 rings (SSSR count). The van der Waals surface area contributed by atoms with Gasteiger partial charge in [-0.05, 0) is 24.3 Å². The van der Waals surface area contributed by atoms with Gasteiger partial charge < -0.3 is 10.6 Å². The van der Waals surface area contributed by atoms with E-state index in [0.717, 1.165) is 20.9 Å². The first-order chi connectivity index (χ1) is 10.7. The van der Waals surface area contributed by atoms with Crippen LogP contribution in [0.15, 0.2) is 58.6 Å². The van der Waals surface area contributed by atoms with Gasteiger partial charge in [0, 0.05) is 34.0 Å². The van der Waals surface area contributed by atoms with Crippen molar-refractivity contribution in [3.8, 4) is 0 Å². The van der Waals surface area contributed by atoms with Gasteiger partial charge in [-0.3, -0.25) is 9.67 Å². The molecule has 0 aliphatic heterocycles. The number of pyridine rings is 1. The number of aromatic nitrogens is 3. The van der Waals surface area contributed by atoms with E-state index in [1.54, 1.807) is 17.1 Å². The summed E-state index contributed by atoms with van der Waals surface area (Å²) in [6, 6.07) is 9.72. The Hall–Kier alpha value is -2.41. The van der Waals surface area contributed by atoms with Crippen LogP contribution in [0.25, 0.3) is 10.9 Å². The number of fused-ring (bicyclic) bond motifs is 1. The van der Waals surface area contributed by atoms with Crippen LogP contribution in [0.5, 0.6) is 0 Å². The average molecular weight is 360 g/mol. The lowest BCUT2D eigenvalue weighted by molar-refractivity contribution is 0.130. The molecular weight excluding hydrogens is 346 g/mol. The highest BCUT2D eigenvalue weighted by Gasteiger charge is 2.05. The van der Waals surface area contributed by atoms with Crippen molar-refractivity contribution < 1.29 is 4.84 Å². The van der Waals surface area contributed by atoms with Crippen molar-refractivity contribution in [1.82, 2.24) is 14.8 Å². The number of nitrogens with two attached hydrogens (primary N) is 1. The molecule has 0 fully saturated rings. The molecule has 0 aliphatic carbocycles. The Kier molecular flexibility index (Phi) is 4.34. The van der Waals surface area contributed by atoms with E-state index in [4.69, 9.17) is 10.6 Å². The van der Waals surface area contributed by atoms with Gasteiger partial charge in [-0.2, -0.15) is 5.10 Å². The zero-order valence-corrected chi connectivity index (χ0v) is 13.3. The van der Waals surface area contributed by atoms with Gasteiger partial charge in [0.05, 0.1) is 5.52 Å². The lowest BCUT2D eigenvalue weighted by Crippen LogP contribution is -2.20. The maximum Gasteiger partial charge on any atom is 0.161 e. The van der Waals surface area contributed by atoms with E-state index in [1.807, 2.05) is 36.5 Å².